The van der Waals surface area contributed by atoms with Crippen LogP contribution in [0.5, 0.6) is 0 Å². The summed E-state index contributed by atoms with van der Waals surface area (Å²) in [7, 11) is 0. The SMILES string of the molecule is Nc1ccccc1C1C=CC=CC1(N)C(F)(F)F. The summed E-state index contributed by atoms with van der Waals surface area (Å²) >= 11 is 0. The van der Waals surface area contributed by atoms with Crippen LogP contribution in [0.4, 0.5) is 18.9 Å². The molecule has 18 heavy (non-hydrogen) atoms. The Hall–Kier alpha value is -1.75. The molecule has 4 N–H and O–H groups in total. The molecule has 1 aliphatic carbocycles. The van der Waals surface area contributed by atoms with Gasteiger partial charge in [0.05, 0.1) is 0 Å². The van der Waals surface area contributed by atoms with Crippen LogP contribution < -0.4 is 11.5 Å². The molecule has 0 radical (unpaired) electrons. The number of para-hydroxylation sites is 1. The van der Waals surface area contributed by atoms with Crippen molar-refractivity contribution in [2.45, 2.75) is 17.6 Å². The summed E-state index contributed by atoms with van der Waals surface area (Å²) in [5.74, 6) is -1.01. The molecule has 2 rings (SSSR count). The van der Waals surface area contributed by atoms with Crippen molar-refractivity contribution in [2.24, 2.45) is 5.73 Å². The fraction of sp³-hybridized carbons (Fsp3) is 0.231. The zero-order valence-corrected chi connectivity index (χ0v) is 9.48. The van der Waals surface area contributed by atoms with Gasteiger partial charge in [0.1, 0.15) is 5.54 Å². The molecule has 0 aromatic heterocycles. The number of benzene rings is 1. The van der Waals surface area contributed by atoms with E-state index in [0.29, 0.717) is 11.3 Å². The predicted octanol–water partition coefficient (Wildman–Crippen LogP) is 2.74. The molecule has 2 nitrogen and oxygen atoms in total. The van der Waals surface area contributed by atoms with E-state index in [4.69, 9.17) is 11.5 Å². The maximum absolute atomic E-state index is 13.1. The Kier molecular flexibility index (Phi) is 2.94. The number of alkyl halides is 3. The van der Waals surface area contributed by atoms with Crippen LogP contribution in [0.15, 0.2) is 48.6 Å². The van der Waals surface area contributed by atoms with Gasteiger partial charge < -0.3 is 11.5 Å². The molecule has 0 heterocycles. The van der Waals surface area contributed by atoms with Crippen LogP contribution in [-0.2, 0) is 0 Å². The molecule has 0 amide bonds. The first-order valence-electron chi connectivity index (χ1n) is 5.42. The quantitative estimate of drug-likeness (QED) is 0.757. The van der Waals surface area contributed by atoms with Crippen LogP contribution >= 0.6 is 0 Å². The summed E-state index contributed by atoms with van der Waals surface area (Å²) in [5, 5.41) is 0. The Morgan fingerprint density at radius 3 is 2.39 bits per heavy atom. The third-order valence-corrected chi connectivity index (χ3v) is 3.12. The van der Waals surface area contributed by atoms with Gasteiger partial charge in [0.25, 0.3) is 0 Å². The second-order valence-electron chi connectivity index (χ2n) is 4.28. The van der Waals surface area contributed by atoms with Crippen LogP contribution in [0.2, 0.25) is 0 Å². The molecular formula is C13H13F3N2. The van der Waals surface area contributed by atoms with Gasteiger partial charge in [0, 0.05) is 11.6 Å². The molecule has 0 bridgehead atoms. The van der Waals surface area contributed by atoms with Gasteiger partial charge in [-0.25, -0.2) is 0 Å². The lowest BCUT2D eigenvalue weighted by atomic mass is 9.76. The number of rotatable bonds is 1. The predicted molar refractivity (Wildman–Crippen MR) is 64.8 cm³/mol. The Bertz CT molecular complexity index is 505. The number of nitrogens with two attached hydrogens (primary N) is 2. The van der Waals surface area contributed by atoms with Gasteiger partial charge in [-0.1, -0.05) is 42.5 Å². The number of allylic oxidation sites excluding steroid dienone is 2. The summed E-state index contributed by atoms with van der Waals surface area (Å²) in [4.78, 5) is 0. The zero-order valence-electron chi connectivity index (χ0n) is 9.48. The highest BCUT2D eigenvalue weighted by Crippen LogP contribution is 2.44. The minimum Gasteiger partial charge on any atom is -0.398 e. The molecule has 0 saturated heterocycles. The third-order valence-electron chi connectivity index (χ3n) is 3.12. The summed E-state index contributed by atoms with van der Waals surface area (Å²) in [5.41, 5.74) is 9.57. The van der Waals surface area contributed by atoms with E-state index in [1.54, 1.807) is 30.3 Å². The molecule has 0 spiro atoms. The van der Waals surface area contributed by atoms with E-state index >= 15 is 0 Å². The van der Waals surface area contributed by atoms with Gasteiger partial charge in [0.2, 0.25) is 0 Å². The topological polar surface area (TPSA) is 52.0 Å². The average molecular weight is 254 g/mol. The molecule has 1 aromatic carbocycles. The van der Waals surface area contributed by atoms with Crippen molar-refractivity contribution >= 4 is 5.69 Å². The fourth-order valence-corrected chi connectivity index (χ4v) is 2.08. The smallest absolute Gasteiger partial charge is 0.398 e. The van der Waals surface area contributed by atoms with Gasteiger partial charge in [-0.15, -0.1) is 0 Å². The third kappa shape index (κ3) is 1.90. The molecule has 96 valence electrons. The van der Waals surface area contributed by atoms with Crippen LogP contribution in [-0.4, -0.2) is 11.7 Å². The van der Waals surface area contributed by atoms with Crippen molar-refractivity contribution in [1.82, 2.24) is 0 Å². The summed E-state index contributed by atoms with van der Waals surface area (Å²) < 4.78 is 39.4. The van der Waals surface area contributed by atoms with Gasteiger partial charge >= 0.3 is 6.18 Å². The van der Waals surface area contributed by atoms with E-state index in [0.717, 1.165) is 6.08 Å². The highest BCUT2D eigenvalue weighted by atomic mass is 19.4. The Morgan fingerprint density at radius 2 is 1.78 bits per heavy atom. The van der Waals surface area contributed by atoms with Crippen molar-refractivity contribution in [3.63, 3.8) is 0 Å². The summed E-state index contributed by atoms with van der Waals surface area (Å²) in [6.45, 7) is 0. The van der Waals surface area contributed by atoms with Crippen molar-refractivity contribution in [3.05, 3.63) is 54.1 Å². The summed E-state index contributed by atoms with van der Waals surface area (Å²) in [6.07, 6.45) is 0.724. The molecule has 1 aliphatic rings. The van der Waals surface area contributed by atoms with Crippen molar-refractivity contribution in [1.29, 1.82) is 0 Å². The lowest BCUT2D eigenvalue weighted by Crippen LogP contribution is -2.56. The van der Waals surface area contributed by atoms with E-state index in [1.807, 2.05) is 0 Å². The van der Waals surface area contributed by atoms with E-state index in [2.05, 4.69) is 0 Å². The van der Waals surface area contributed by atoms with E-state index in [-0.39, 0.29) is 0 Å². The molecule has 5 heteroatoms. The molecule has 1 aromatic rings. The molecular weight excluding hydrogens is 241 g/mol. The minimum atomic E-state index is -4.54. The second kappa shape index (κ2) is 4.17. The first-order chi connectivity index (χ1) is 8.36. The Morgan fingerprint density at radius 1 is 1.11 bits per heavy atom. The maximum Gasteiger partial charge on any atom is 0.410 e. The molecule has 0 saturated carbocycles. The highest BCUT2D eigenvalue weighted by Gasteiger charge is 2.55. The molecule has 2 atom stereocenters. The van der Waals surface area contributed by atoms with E-state index < -0.39 is 17.6 Å². The van der Waals surface area contributed by atoms with Crippen molar-refractivity contribution < 1.29 is 13.2 Å². The fourth-order valence-electron chi connectivity index (χ4n) is 2.08. The number of anilines is 1. The number of halogens is 3. The Balaban J connectivity index is 2.52. The van der Waals surface area contributed by atoms with E-state index in [9.17, 15) is 13.2 Å². The van der Waals surface area contributed by atoms with E-state index in [1.165, 1.54) is 12.2 Å². The lowest BCUT2D eigenvalue weighted by Gasteiger charge is -2.37. The van der Waals surface area contributed by atoms with Crippen molar-refractivity contribution in [3.8, 4) is 0 Å². The lowest BCUT2D eigenvalue weighted by molar-refractivity contribution is -0.175. The standard InChI is InChI=1S/C13H13F3N2/c14-13(15,16)12(18)8-4-3-6-10(12)9-5-1-2-7-11(9)17/h1-8,10H,17-18H2. The van der Waals surface area contributed by atoms with Gasteiger partial charge in [-0.05, 0) is 11.6 Å². The first kappa shape index (κ1) is 12.7. The minimum absolute atomic E-state index is 0.307. The summed E-state index contributed by atoms with van der Waals surface area (Å²) in [6, 6.07) is 6.46. The first-order valence-corrected chi connectivity index (χ1v) is 5.42. The van der Waals surface area contributed by atoms with Crippen LogP contribution in [0.1, 0.15) is 11.5 Å². The monoisotopic (exact) mass is 254 g/mol. The Labute approximate surface area is 103 Å². The van der Waals surface area contributed by atoms with Crippen LogP contribution in [0.25, 0.3) is 0 Å². The van der Waals surface area contributed by atoms with Gasteiger partial charge in [0.15, 0.2) is 0 Å². The molecule has 2 unspecified atom stereocenters. The van der Waals surface area contributed by atoms with Gasteiger partial charge in [-0.3, -0.25) is 0 Å². The van der Waals surface area contributed by atoms with Crippen LogP contribution in [0, 0.1) is 0 Å². The van der Waals surface area contributed by atoms with Crippen molar-refractivity contribution in [2.75, 3.05) is 5.73 Å². The molecule has 0 fully saturated rings. The number of hydrogen-bond acceptors (Lipinski definition) is 2. The highest BCUT2D eigenvalue weighted by molar-refractivity contribution is 5.53. The second-order valence-corrected chi connectivity index (χ2v) is 4.28. The zero-order chi connectivity index (χ0) is 13.4. The number of hydrogen-bond donors (Lipinski definition) is 2. The number of nitrogen functional groups attached to an aromatic ring is 1. The normalized spacial score (nSPS) is 27.4. The van der Waals surface area contributed by atoms with Gasteiger partial charge in [-0.2, -0.15) is 13.2 Å². The average Bonchev–Trinajstić information content (AvgIpc) is 2.29. The molecule has 0 aliphatic heterocycles. The largest absolute Gasteiger partial charge is 0.410 e. The van der Waals surface area contributed by atoms with Crippen LogP contribution in [0.3, 0.4) is 0 Å². The maximum atomic E-state index is 13.1.